The van der Waals surface area contributed by atoms with Crippen molar-refractivity contribution in [1.29, 1.82) is 0 Å². The number of nitrogen functional groups attached to an aromatic ring is 1. The number of fused-ring (bicyclic) bond motifs is 4. The van der Waals surface area contributed by atoms with Crippen LogP contribution in [0.15, 0.2) is 30.4 Å². The molecule has 2 aromatic heterocycles. The van der Waals surface area contributed by atoms with Gasteiger partial charge in [-0.05, 0) is 44.4 Å². The number of hydrogen-bond acceptors (Lipinski definition) is 9. The molecular weight excluding hydrogens is 568 g/mol. The molecule has 3 N–H and O–H groups in total. The van der Waals surface area contributed by atoms with Gasteiger partial charge in [0.05, 0.1) is 15.2 Å². The Morgan fingerprint density at radius 2 is 1.95 bits per heavy atom. The molecule has 5 heterocycles. The Labute approximate surface area is 245 Å². The summed E-state index contributed by atoms with van der Waals surface area (Å²) in [6, 6.07) is 5.27. The van der Waals surface area contributed by atoms with Crippen molar-refractivity contribution in [2.45, 2.75) is 44.4 Å². The minimum atomic E-state index is -0.632. The summed E-state index contributed by atoms with van der Waals surface area (Å²) in [6.45, 7) is 5.99. The summed E-state index contributed by atoms with van der Waals surface area (Å²) in [7, 11) is 0. The van der Waals surface area contributed by atoms with Crippen LogP contribution >= 0.6 is 22.9 Å². The Morgan fingerprint density at radius 1 is 1.15 bits per heavy atom. The van der Waals surface area contributed by atoms with Gasteiger partial charge in [0.1, 0.15) is 23.3 Å². The van der Waals surface area contributed by atoms with Crippen molar-refractivity contribution < 1.29 is 13.5 Å². The Kier molecular flexibility index (Phi) is 6.93. The van der Waals surface area contributed by atoms with Crippen LogP contribution in [-0.2, 0) is 0 Å². The monoisotopic (exact) mass is 597 g/mol. The lowest BCUT2D eigenvalue weighted by atomic mass is 10.0. The zero-order valence-corrected chi connectivity index (χ0v) is 24.1. The van der Waals surface area contributed by atoms with Crippen molar-refractivity contribution >= 4 is 55.0 Å². The molecule has 4 aromatic rings. The average Bonchev–Trinajstić information content (AvgIpc) is 3.51. The summed E-state index contributed by atoms with van der Waals surface area (Å²) in [5, 5.41) is 4.50. The molecule has 3 atom stereocenters. The summed E-state index contributed by atoms with van der Waals surface area (Å²) in [6.07, 6.45) is 7.31. The van der Waals surface area contributed by atoms with E-state index in [1.165, 1.54) is 12.1 Å². The molecule has 2 unspecified atom stereocenters. The van der Waals surface area contributed by atoms with Gasteiger partial charge in [-0.1, -0.05) is 35.1 Å². The molecule has 0 aliphatic carbocycles. The summed E-state index contributed by atoms with van der Waals surface area (Å²) in [5.41, 5.74) is 6.71. The van der Waals surface area contributed by atoms with E-state index in [1.807, 2.05) is 6.92 Å². The number of thiazole rings is 1. The highest BCUT2D eigenvalue weighted by Crippen LogP contribution is 2.43. The third kappa shape index (κ3) is 4.98. The minimum absolute atomic E-state index is 0.0959. The summed E-state index contributed by atoms with van der Waals surface area (Å²) >= 11 is 7.80. The molecule has 41 heavy (non-hydrogen) atoms. The highest BCUT2D eigenvalue weighted by molar-refractivity contribution is 7.22. The average molecular weight is 598 g/mol. The molecule has 12 heteroatoms. The zero-order valence-electron chi connectivity index (χ0n) is 22.5. The van der Waals surface area contributed by atoms with E-state index in [0.29, 0.717) is 35.4 Å². The van der Waals surface area contributed by atoms with Crippen molar-refractivity contribution in [1.82, 2.24) is 25.2 Å². The Bertz CT molecular complexity index is 1670. The Hall–Kier alpha value is -3.12. The molecule has 3 aliphatic rings. The molecule has 2 saturated heterocycles. The molecule has 7 rings (SSSR count). The van der Waals surface area contributed by atoms with Crippen molar-refractivity contribution in [2.75, 3.05) is 43.4 Å². The quantitative estimate of drug-likeness (QED) is 0.286. The summed E-state index contributed by atoms with van der Waals surface area (Å²) in [5.74, 6) is -0.500. The first-order valence-electron chi connectivity index (χ1n) is 13.9. The number of anilines is 2. The van der Waals surface area contributed by atoms with Gasteiger partial charge in [0.25, 0.3) is 0 Å². The normalized spacial score (nSPS) is 21.7. The molecule has 0 saturated carbocycles. The maximum atomic E-state index is 16.6. The van der Waals surface area contributed by atoms with Crippen LogP contribution in [0.3, 0.4) is 0 Å². The summed E-state index contributed by atoms with van der Waals surface area (Å²) < 4.78 is 37.7. The Morgan fingerprint density at radius 3 is 2.71 bits per heavy atom. The van der Waals surface area contributed by atoms with Crippen LogP contribution in [0.4, 0.5) is 19.7 Å². The highest BCUT2D eigenvalue weighted by Gasteiger charge is 2.34. The van der Waals surface area contributed by atoms with Crippen molar-refractivity contribution in [3.05, 3.63) is 47.0 Å². The number of nitrogens with two attached hydrogens (primary N) is 1. The van der Waals surface area contributed by atoms with Gasteiger partial charge >= 0.3 is 6.01 Å². The number of nitrogens with zero attached hydrogens (tertiary/aromatic N) is 5. The lowest BCUT2D eigenvalue weighted by Crippen LogP contribution is -2.51. The number of halogens is 3. The van der Waals surface area contributed by atoms with E-state index in [9.17, 15) is 4.39 Å². The molecule has 0 spiro atoms. The maximum Gasteiger partial charge on any atom is 0.319 e. The molecular formula is C29H30ClF2N7OS. The molecule has 214 valence electrons. The number of rotatable bonds is 6. The fourth-order valence-corrected chi connectivity index (χ4v) is 7.36. The number of aromatic nitrogens is 3. The fraction of sp³-hybridized carbons (Fsp3) is 0.414. The van der Waals surface area contributed by atoms with Gasteiger partial charge in [-0.3, -0.25) is 4.90 Å². The molecule has 8 nitrogen and oxygen atoms in total. The van der Waals surface area contributed by atoms with Crippen molar-refractivity contribution in [3.8, 4) is 17.1 Å². The van der Waals surface area contributed by atoms with E-state index in [4.69, 9.17) is 27.1 Å². The maximum absolute atomic E-state index is 16.6. The standard InChI is InChI=1S/C29H30ClF2N7OS/c1-15(12-38-9-3-2-4-10-38)40-29-36-24-19(27(37-29)39-13-16-5-6-17(14-39)34-16)11-20(30)22(23(24)32)18-7-8-21(31)26-25(18)35-28(33)41-26/h2-3,7-8,11,15-17,34H,4-6,9-10,12-14H2,1H3,(H2,33,35)/t15-,16?,17?/m0/s1. The second-order valence-corrected chi connectivity index (χ2v) is 12.5. The van der Waals surface area contributed by atoms with Crippen LogP contribution in [0.5, 0.6) is 6.01 Å². The number of hydrogen-bond donors (Lipinski definition) is 2. The van der Waals surface area contributed by atoms with Gasteiger partial charge in [-0.25, -0.2) is 13.8 Å². The van der Waals surface area contributed by atoms with Crippen molar-refractivity contribution in [3.63, 3.8) is 0 Å². The molecule has 3 aliphatic heterocycles. The number of benzene rings is 2. The second kappa shape index (κ2) is 10.6. The third-order valence-electron chi connectivity index (χ3n) is 8.10. The van der Waals surface area contributed by atoms with E-state index in [1.54, 1.807) is 6.07 Å². The van der Waals surface area contributed by atoms with Crippen LogP contribution in [0, 0.1) is 11.6 Å². The molecule has 0 amide bonds. The smallest absolute Gasteiger partial charge is 0.319 e. The molecule has 2 bridgehead atoms. The van der Waals surface area contributed by atoms with E-state index in [0.717, 1.165) is 56.8 Å². The largest absolute Gasteiger partial charge is 0.459 e. The van der Waals surface area contributed by atoms with E-state index in [2.05, 4.69) is 37.2 Å². The minimum Gasteiger partial charge on any atom is -0.459 e. The van der Waals surface area contributed by atoms with Crippen LogP contribution in [0.25, 0.3) is 32.2 Å². The van der Waals surface area contributed by atoms with Crippen LogP contribution < -0.4 is 20.7 Å². The van der Waals surface area contributed by atoms with E-state index in [-0.39, 0.29) is 43.6 Å². The number of ether oxygens (including phenoxy) is 1. The lowest BCUT2D eigenvalue weighted by molar-refractivity contribution is 0.142. The first kappa shape index (κ1) is 26.8. The lowest BCUT2D eigenvalue weighted by Gasteiger charge is -2.34. The van der Waals surface area contributed by atoms with Crippen LogP contribution in [-0.4, -0.2) is 70.8 Å². The highest BCUT2D eigenvalue weighted by atomic mass is 35.5. The molecule has 2 fully saturated rings. The SMILES string of the molecule is C[C@@H](CN1CC=CCC1)Oc1nc(N2CC3CCC(C2)N3)c2cc(Cl)c(-c3ccc(F)c4sc(N)nc34)c(F)c2n1. The predicted molar refractivity (Wildman–Crippen MR) is 160 cm³/mol. The summed E-state index contributed by atoms with van der Waals surface area (Å²) in [4.78, 5) is 18.2. The van der Waals surface area contributed by atoms with Gasteiger partial charge in [0, 0.05) is 61.3 Å². The zero-order chi connectivity index (χ0) is 28.2. The van der Waals surface area contributed by atoms with Gasteiger partial charge in [0.15, 0.2) is 10.9 Å². The fourth-order valence-electron chi connectivity index (χ4n) is 6.30. The number of nitrogens with one attached hydrogen (secondary N) is 1. The van der Waals surface area contributed by atoms with Crippen molar-refractivity contribution in [2.24, 2.45) is 0 Å². The van der Waals surface area contributed by atoms with E-state index >= 15 is 4.39 Å². The molecule has 0 radical (unpaired) electrons. The van der Waals surface area contributed by atoms with Gasteiger partial charge in [-0.2, -0.15) is 9.97 Å². The van der Waals surface area contributed by atoms with Gasteiger partial charge < -0.3 is 20.7 Å². The Balaban J connectivity index is 1.35. The van der Waals surface area contributed by atoms with E-state index < -0.39 is 11.6 Å². The molecule has 2 aromatic carbocycles. The van der Waals surface area contributed by atoms with Gasteiger partial charge in [0.2, 0.25) is 0 Å². The number of piperazine rings is 1. The van der Waals surface area contributed by atoms with Crippen LogP contribution in [0.1, 0.15) is 26.2 Å². The second-order valence-electron chi connectivity index (χ2n) is 11.1. The van der Waals surface area contributed by atoms with Crippen LogP contribution in [0.2, 0.25) is 5.02 Å². The topological polar surface area (TPSA) is 92.4 Å². The predicted octanol–water partition coefficient (Wildman–Crippen LogP) is 5.39. The first-order valence-corrected chi connectivity index (χ1v) is 15.1. The van der Waals surface area contributed by atoms with Gasteiger partial charge in [-0.15, -0.1) is 0 Å². The first-order chi connectivity index (χ1) is 19.8. The third-order valence-corrected chi connectivity index (χ3v) is 9.29.